The minimum Gasteiger partial charge on any atom is -0.493 e. The Kier molecular flexibility index (Phi) is 5.86. The van der Waals surface area contributed by atoms with Gasteiger partial charge in [-0.3, -0.25) is 9.59 Å². The van der Waals surface area contributed by atoms with E-state index in [2.05, 4.69) is 10.4 Å². The number of hydrogen-bond acceptors (Lipinski definition) is 7. The van der Waals surface area contributed by atoms with Crippen LogP contribution in [0.3, 0.4) is 0 Å². The highest BCUT2D eigenvalue weighted by Crippen LogP contribution is 2.65. The molecule has 0 amide bonds. The third-order valence-corrected chi connectivity index (χ3v) is 8.35. The van der Waals surface area contributed by atoms with Crippen molar-refractivity contribution in [3.8, 4) is 17.2 Å². The number of carboxylic acid groups (broad SMARTS) is 1. The highest BCUT2D eigenvalue weighted by Gasteiger charge is 2.59. The van der Waals surface area contributed by atoms with E-state index in [1.807, 2.05) is 0 Å². The van der Waals surface area contributed by atoms with Crippen molar-refractivity contribution in [3.63, 3.8) is 0 Å². The maximum absolute atomic E-state index is 13.5. The summed E-state index contributed by atoms with van der Waals surface area (Å²) in [5.41, 5.74) is -0.151. The van der Waals surface area contributed by atoms with Gasteiger partial charge in [0, 0.05) is 17.8 Å². The smallest absolute Gasteiger partial charge is 0.303 e. The summed E-state index contributed by atoms with van der Waals surface area (Å²) in [4.78, 5) is 25.2. The van der Waals surface area contributed by atoms with E-state index in [1.165, 1.54) is 21.3 Å². The second-order valence-electron chi connectivity index (χ2n) is 10.4. The van der Waals surface area contributed by atoms with E-state index in [1.54, 1.807) is 23.0 Å². The topological polar surface area (TPSA) is 112 Å². The number of nitrogens with one attached hydrogen (secondary N) is 1. The second-order valence-corrected chi connectivity index (χ2v) is 10.8. The van der Waals surface area contributed by atoms with Crippen molar-refractivity contribution in [2.24, 2.45) is 17.3 Å². The average Bonchev–Trinajstić information content (AvgIpc) is 2.79. The van der Waals surface area contributed by atoms with E-state index in [-0.39, 0.29) is 22.4 Å². The summed E-state index contributed by atoms with van der Waals surface area (Å²) >= 11 is 6.60. The lowest BCUT2D eigenvalue weighted by atomic mass is 9.46. The molecular weight excluding hydrogens is 474 g/mol. The van der Waals surface area contributed by atoms with E-state index in [0.717, 1.165) is 32.1 Å². The molecule has 0 unspecified atom stereocenters. The second kappa shape index (κ2) is 8.62. The summed E-state index contributed by atoms with van der Waals surface area (Å²) < 4.78 is 17.7. The lowest BCUT2D eigenvalue weighted by molar-refractivity contribution is -0.151. The van der Waals surface area contributed by atoms with Crippen molar-refractivity contribution in [3.05, 3.63) is 33.7 Å². The molecule has 4 aliphatic rings. The molecule has 0 spiro atoms. The molecule has 4 bridgehead atoms. The van der Waals surface area contributed by atoms with Crippen LogP contribution in [0.2, 0.25) is 5.02 Å². The van der Waals surface area contributed by atoms with E-state index < -0.39 is 11.5 Å². The minimum atomic E-state index is -0.773. The first kappa shape index (κ1) is 23.8. The van der Waals surface area contributed by atoms with Crippen LogP contribution in [0.4, 0.5) is 11.4 Å². The molecule has 4 aliphatic carbocycles. The first-order valence-electron chi connectivity index (χ1n) is 11.8. The SMILES string of the molecule is COc1cc(Nc2cnn(C34C[C@H]5C[C@@H](CC(CC(=O)O)(C5)C3)C4)c(=O)c2Cl)cc(OC)c1OC. The number of halogens is 1. The van der Waals surface area contributed by atoms with Crippen LogP contribution in [-0.2, 0) is 10.3 Å². The van der Waals surface area contributed by atoms with Crippen molar-refractivity contribution in [1.82, 2.24) is 9.78 Å². The van der Waals surface area contributed by atoms with Crippen LogP contribution in [0.25, 0.3) is 0 Å². The quantitative estimate of drug-likeness (QED) is 0.544. The number of carboxylic acids is 1. The first-order valence-corrected chi connectivity index (χ1v) is 12.2. The fourth-order valence-corrected chi connectivity index (χ4v) is 7.52. The molecule has 2 aromatic rings. The van der Waals surface area contributed by atoms with Gasteiger partial charge < -0.3 is 24.6 Å². The molecule has 6 rings (SSSR count). The molecule has 4 saturated carbocycles. The molecule has 1 aromatic carbocycles. The predicted molar refractivity (Wildman–Crippen MR) is 130 cm³/mol. The molecule has 2 atom stereocenters. The van der Waals surface area contributed by atoms with Crippen LogP contribution in [0.15, 0.2) is 23.1 Å². The molecule has 0 aliphatic heterocycles. The zero-order chi connectivity index (χ0) is 25.0. The van der Waals surface area contributed by atoms with Gasteiger partial charge in [-0.25, -0.2) is 4.68 Å². The molecule has 1 heterocycles. The monoisotopic (exact) mass is 503 g/mol. The number of carbonyl (C=O) groups is 1. The van der Waals surface area contributed by atoms with E-state index in [4.69, 9.17) is 25.8 Å². The van der Waals surface area contributed by atoms with E-state index >= 15 is 0 Å². The number of nitrogens with zero attached hydrogens (tertiary/aromatic N) is 2. The fraction of sp³-hybridized carbons (Fsp3) is 0.560. The minimum absolute atomic E-state index is 0.0387. The van der Waals surface area contributed by atoms with E-state index in [0.29, 0.717) is 46.9 Å². The molecule has 35 heavy (non-hydrogen) atoms. The summed E-state index contributed by atoms with van der Waals surface area (Å²) in [6.07, 6.45) is 6.98. The molecule has 4 fully saturated rings. The van der Waals surface area contributed by atoms with Gasteiger partial charge in [0.1, 0.15) is 5.02 Å². The zero-order valence-corrected chi connectivity index (χ0v) is 20.9. The number of aliphatic carboxylic acids is 1. The van der Waals surface area contributed by atoms with Crippen molar-refractivity contribution in [2.45, 2.75) is 50.5 Å². The predicted octanol–water partition coefficient (Wildman–Crippen LogP) is 4.44. The van der Waals surface area contributed by atoms with Gasteiger partial charge >= 0.3 is 5.97 Å². The number of rotatable bonds is 8. The number of benzene rings is 1. The van der Waals surface area contributed by atoms with Gasteiger partial charge in [0.2, 0.25) is 5.75 Å². The Bertz CT molecular complexity index is 1190. The Morgan fingerprint density at radius 1 is 1.14 bits per heavy atom. The summed E-state index contributed by atoms with van der Waals surface area (Å²) in [6.45, 7) is 0. The lowest BCUT2D eigenvalue weighted by Gasteiger charge is -2.61. The Morgan fingerprint density at radius 3 is 2.31 bits per heavy atom. The van der Waals surface area contributed by atoms with Gasteiger partial charge in [0.15, 0.2) is 11.5 Å². The van der Waals surface area contributed by atoms with Crippen molar-refractivity contribution >= 4 is 28.9 Å². The average molecular weight is 504 g/mol. The number of hydrogen-bond donors (Lipinski definition) is 2. The van der Waals surface area contributed by atoms with Gasteiger partial charge in [-0.2, -0.15) is 5.10 Å². The number of aromatic nitrogens is 2. The van der Waals surface area contributed by atoms with Gasteiger partial charge in [0.05, 0.1) is 45.2 Å². The summed E-state index contributed by atoms with van der Waals surface area (Å²) in [5.74, 6) is 1.44. The number of anilines is 2. The van der Waals surface area contributed by atoms with Crippen LogP contribution in [0.1, 0.15) is 44.9 Å². The van der Waals surface area contributed by atoms with Gasteiger partial charge in [-0.1, -0.05) is 11.6 Å². The molecular formula is C25H30ClN3O6. The van der Waals surface area contributed by atoms with Crippen LogP contribution in [-0.4, -0.2) is 42.2 Å². The Labute approximate surface area is 208 Å². The first-order chi connectivity index (χ1) is 16.7. The van der Waals surface area contributed by atoms with Crippen LogP contribution < -0.4 is 25.1 Å². The number of ether oxygens (including phenoxy) is 3. The van der Waals surface area contributed by atoms with Crippen LogP contribution in [0, 0.1) is 17.3 Å². The fourth-order valence-electron chi connectivity index (χ4n) is 7.34. The molecule has 10 heteroatoms. The van der Waals surface area contributed by atoms with E-state index in [9.17, 15) is 14.7 Å². The third-order valence-electron chi connectivity index (χ3n) is 7.99. The van der Waals surface area contributed by atoms with Crippen molar-refractivity contribution in [1.29, 1.82) is 0 Å². The maximum atomic E-state index is 13.5. The molecule has 188 valence electrons. The summed E-state index contributed by atoms with van der Waals surface area (Å²) in [6, 6.07) is 3.44. The van der Waals surface area contributed by atoms with Gasteiger partial charge in [0.25, 0.3) is 5.56 Å². The third kappa shape index (κ3) is 3.99. The Hall–Kier alpha value is -2.94. The standard InChI is InChI=1S/C25H30ClN3O6/c1-33-18-5-16(6-19(34-2)22(18)35-3)28-17-12-27-29(23(32)21(17)26)25-9-14-4-15(10-25)8-24(7-14,13-25)11-20(30)31/h5-6,12,14-15,28H,4,7-11,13H2,1-3H3,(H,30,31)/t14-,15-,24?,25?/m0/s1. The van der Waals surface area contributed by atoms with Gasteiger partial charge in [-0.05, 0) is 55.8 Å². The molecule has 2 N–H and O–H groups in total. The largest absolute Gasteiger partial charge is 0.493 e. The molecule has 9 nitrogen and oxygen atoms in total. The summed E-state index contributed by atoms with van der Waals surface area (Å²) in [7, 11) is 4.58. The normalized spacial score (nSPS) is 28.6. The van der Waals surface area contributed by atoms with Crippen molar-refractivity contribution in [2.75, 3.05) is 26.6 Å². The Morgan fingerprint density at radius 2 is 1.77 bits per heavy atom. The maximum Gasteiger partial charge on any atom is 0.303 e. The molecule has 0 radical (unpaired) electrons. The van der Waals surface area contributed by atoms with Gasteiger partial charge in [-0.15, -0.1) is 0 Å². The summed E-state index contributed by atoms with van der Waals surface area (Å²) in [5, 5.41) is 17.3. The van der Waals surface area contributed by atoms with Crippen molar-refractivity contribution < 1.29 is 24.1 Å². The zero-order valence-electron chi connectivity index (χ0n) is 20.1. The molecule has 0 saturated heterocycles. The highest BCUT2D eigenvalue weighted by molar-refractivity contribution is 6.33. The van der Waals surface area contributed by atoms with Crippen LogP contribution in [0.5, 0.6) is 17.2 Å². The molecule has 1 aromatic heterocycles. The Balaban J connectivity index is 1.49. The number of methoxy groups -OCH3 is 3. The lowest BCUT2D eigenvalue weighted by Crippen LogP contribution is -2.59. The van der Waals surface area contributed by atoms with Crippen LogP contribution >= 0.6 is 11.6 Å². The highest BCUT2D eigenvalue weighted by atomic mass is 35.5.